The minimum atomic E-state index is -0.688. The predicted molar refractivity (Wildman–Crippen MR) is 108 cm³/mol. The molecule has 27 heavy (non-hydrogen) atoms. The molecule has 2 aromatic heterocycles. The lowest BCUT2D eigenvalue weighted by molar-refractivity contribution is 0.0942. The van der Waals surface area contributed by atoms with Crippen molar-refractivity contribution in [3.05, 3.63) is 66.9 Å². The third-order valence-electron chi connectivity index (χ3n) is 4.56. The van der Waals surface area contributed by atoms with Crippen molar-refractivity contribution in [2.45, 2.75) is 19.5 Å². The lowest BCUT2D eigenvalue weighted by Crippen LogP contribution is -2.36. The van der Waals surface area contributed by atoms with Crippen molar-refractivity contribution in [2.24, 2.45) is 0 Å². The highest BCUT2D eigenvalue weighted by atomic mass is 32.1. The second-order valence-electron chi connectivity index (χ2n) is 6.48. The summed E-state index contributed by atoms with van der Waals surface area (Å²) in [4.78, 5) is 41.0. The zero-order valence-electron chi connectivity index (χ0n) is 15.5. The van der Waals surface area contributed by atoms with Gasteiger partial charge in [-0.3, -0.25) is 14.4 Å². The zero-order chi connectivity index (χ0) is 19.6. The Morgan fingerprint density at radius 1 is 1.30 bits per heavy atom. The van der Waals surface area contributed by atoms with Crippen molar-refractivity contribution < 1.29 is 4.79 Å². The van der Waals surface area contributed by atoms with Crippen molar-refractivity contribution in [1.82, 2.24) is 19.8 Å². The van der Waals surface area contributed by atoms with E-state index in [1.165, 1.54) is 4.57 Å². The van der Waals surface area contributed by atoms with Crippen molar-refractivity contribution in [3.63, 3.8) is 0 Å². The van der Waals surface area contributed by atoms with Gasteiger partial charge in [-0.25, -0.2) is 0 Å². The predicted octanol–water partition coefficient (Wildman–Crippen LogP) is 1.80. The molecule has 2 heterocycles. The highest BCUT2D eigenvalue weighted by Crippen LogP contribution is 2.20. The van der Waals surface area contributed by atoms with Crippen LogP contribution in [0.25, 0.3) is 11.0 Å². The van der Waals surface area contributed by atoms with E-state index in [4.69, 9.17) is 0 Å². The number of aromatic amines is 1. The molecule has 1 unspecified atom stereocenters. The summed E-state index contributed by atoms with van der Waals surface area (Å²) >= 11 is 1.62. The van der Waals surface area contributed by atoms with E-state index in [0.29, 0.717) is 29.7 Å². The van der Waals surface area contributed by atoms with Gasteiger partial charge >= 0.3 is 11.1 Å². The Kier molecular flexibility index (Phi) is 5.57. The zero-order valence-corrected chi connectivity index (χ0v) is 16.3. The molecule has 142 valence electrons. The highest BCUT2D eigenvalue weighted by Gasteiger charge is 2.17. The number of aromatic nitrogens is 2. The van der Waals surface area contributed by atoms with E-state index in [9.17, 15) is 14.4 Å². The number of thiophene rings is 1. The maximum Gasteiger partial charge on any atom is 0.316 e. The molecule has 0 spiro atoms. The molecule has 0 aliphatic heterocycles. The number of rotatable bonds is 6. The first-order valence-electron chi connectivity index (χ1n) is 8.66. The number of benzene rings is 1. The van der Waals surface area contributed by atoms with Crippen LogP contribution < -0.4 is 16.4 Å². The third kappa shape index (κ3) is 3.86. The molecule has 7 nitrogen and oxygen atoms in total. The summed E-state index contributed by atoms with van der Waals surface area (Å²) in [5, 5.41) is 7.04. The molecule has 0 saturated carbocycles. The maximum atomic E-state index is 12.6. The molecule has 3 rings (SSSR count). The molecule has 8 heteroatoms. The smallest absolute Gasteiger partial charge is 0.316 e. The topological polar surface area (TPSA) is 87.2 Å². The highest BCUT2D eigenvalue weighted by molar-refractivity contribution is 7.07. The van der Waals surface area contributed by atoms with E-state index >= 15 is 0 Å². The molecule has 2 N–H and O–H groups in total. The number of H-pyrrole nitrogens is 1. The fraction of sp³-hybridized carbons (Fsp3) is 0.316. The van der Waals surface area contributed by atoms with Gasteiger partial charge in [0.2, 0.25) is 0 Å². The van der Waals surface area contributed by atoms with Gasteiger partial charge in [-0.05, 0) is 61.6 Å². The van der Waals surface area contributed by atoms with Gasteiger partial charge < -0.3 is 19.8 Å². The van der Waals surface area contributed by atoms with Crippen molar-refractivity contribution in [3.8, 4) is 0 Å². The summed E-state index contributed by atoms with van der Waals surface area (Å²) < 4.78 is 1.40. The first-order chi connectivity index (χ1) is 12.9. The summed E-state index contributed by atoms with van der Waals surface area (Å²) in [5.74, 6) is -0.228. The van der Waals surface area contributed by atoms with E-state index < -0.39 is 11.1 Å². The molecule has 0 fully saturated rings. The molecule has 0 aliphatic rings. The maximum absolute atomic E-state index is 12.6. The van der Waals surface area contributed by atoms with Gasteiger partial charge in [0.25, 0.3) is 5.91 Å². The van der Waals surface area contributed by atoms with Crippen LogP contribution in [0.5, 0.6) is 0 Å². The summed E-state index contributed by atoms with van der Waals surface area (Å²) in [7, 11) is 3.94. The molecule has 1 aromatic carbocycles. The van der Waals surface area contributed by atoms with E-state index in [2.05, 4.69) is 20.6 Å². The van der Waals surface area contributed by atoms with Crippen molar-refractivity contribution in [2.75, 3.05) is 20.6 Å². The Bertz CT molecular complexity index is 1070. The number of hydrogen-bond acceptors (Lipinski definition) is 5. The number of nitrogens with zero attached hydrogens (tertiary/aromatic N) is 2. The van der Waals surface area contributed by atoms with Crippen LogP contribution in [0.4, 0.5) is 0 Å². The lowest BCUT2D eigenvalue weighted by Gasteiger charge is -2.24. The minimum Gasteiger partial charge on any atom is -0.350 e. The number of carbonyl (C=O) groups is 1. The van der Waals surface area contributed by atoms with Crippen LogP contribution in [-0.2, 0) is 6.54 Å². The van der Waals surface area contributed by atoms with E-state index in [1.807, 2.05) is 25.5 Å². The lowest BCUT2D eigenvalue weighted by atomic mass is 10.1. The first kappa shape index (κ1) is 19.1. The minimum absolute atomic E-state index is 0.0748. The van der Waals surface area contributed by atoms with Crippen LogP contribution in [0.15, 0.2) is 44.6 Å². The van der Waals surface area contributed by atoms with E-state index in [1.54, 1.807) is 36.5 Å². The second-order valence-corrected chi connectivity index (χ2v) is 7.26. The van der Waals surface area contributed by atoms with Crippen LogP contribution in [0.2, 0.25) is 0 Å². The van der Waals surface area contributed by atoms with Crippen molar-refractivity contribution in [1.29, 1.82) is 0 Å². The average Bonchev–Trinajstić information content (AvgIpc) is 3.16. The summed E-state index contributed by atoms with van der Waals surface area (Å²) in [6.45, 7) is 2.65. The van der Waals surface area contributed by atoms with Crippen LogP contribution in [0.3, 0.4) is 0 Å². The summed E-state index contributed by atoms with van der Waals surface area (Å²) in [5.41, 5.74) is 1.38. The van der Waals surface area contributed by atoms with Gasteiger partial charge in [0.1, 0.15) is 0 Å². The van der Waals surface area contributed by atoms with Gasteiger partial charge in [-0.15, -0.1) is 0 Å². The summed E-state index contributed by atoms with van der Waals surface area (Å²) in [6, 6.07) is 7.08. The molecule has 0 bridgehead atoms. The molecule has 0 aliphatic carbocycles. The quantitative estimate of drug-likeness (QED) is 0.633. The molecular weight excluding hydrogens is 364 g/mol. The number of carbonyl (C=O) groups excluding carboxylic acids is 1. The average molecular weight is 386 g/mol. The van der Waals surface area contributed by atoms with Gasteiger partial charge in [0.05, 0.1) is 17.1 Å². The number of aryl methyl sites for hydroxylation is 1. The fourth-order valence-electron chi connectivity index (χ4n) is 3.09. The Morgan fingerprint density at radius 3 is 2.70 bits per heavy atom. The van der Waals surface area contributed by atoms with Crippen molar-refractivity contribution >= 4 is 28.3 Å². The van der Waals surface area contributed by atoms with Gasteiger partial charge in [-0.1, -0.05) is 0 Å². The Morgan fingerprint density at radius 2 is 2.07 bits per heavy atom. The first-order valence-corrected chi connectivity index (χ1v) is 9.60. The molecular formula is C19H22N4O3S. The molecule has 3 aromatic rings. The summed E-state index contributed by atoms with van der Waals surface area (Å²) in [6.07, 6.45) is 0. The third-order valence-corrected chi connectivity index (χ3v) is 5.26. The molecule has 0 radical (unpaired) electrons. The normalized spacial score (nSPS) is 12.4. The van der Waals surface area contributed by atoms with E-state index in [-0.39, 0.29) is 11.9 Å². The molecule has 0 saturated heterocycles. The van der Waals surface area contributed by atoms with Gasteiger partial charge in [0, 0.05) is 18.7 Å². The molecule has 1 atom stereocenters. The number of nitrogens with one attached hydrogen (secondary N) is 2. The second kappa shape index (κ2) is 7.89. The van der Waals surface area contributed by atoms with Crippen LogP contribution in [-0.4, -0.2) is 41.0 Å². The number of hydrogen-bond donors (Lipinski definition) is 2. The van der Waals surface area contributed by atoms with Crippen LogP contribution in [0.1, 0.15) is 28.9 Å². The Balaban J connectivity index is 1.85. The Hall–Kier alpha value is -2.71. The van der Waals surface area contributed by atoms with E-state index in [0.717, 1.165) is 5.56 Å². The number of amides is 1. The van der Waals surface area contributed by atoms with Crippen LogP contribution in [0, 0.1) is 0 Å². The van der Waals surface area contributed by atoms with Crippen LogP contribution >= 0.6 is 11.3 Å². The SMILES string of the molecule is CCn1c(=O)c(=O)[nH]c2cc(C(=O)NCC(c3ccsc3)N(C)C)ccc21. The fourth-order valence-corrected chi connectivity index (χ4v) is 3.80. The standard InChI is InChI=1S/C19H22N4O3S/c1-4-23-15-6-5-12(9-14(15)21-18(25)19(23)26)17(24)20-10-16(22(2)3)13-7-8-27-11-13/h5-9,11,16H,4,10H2,1-3H3,(H,20,24)(H,21,25). The largest absolute Gasteiger partial charge is 0.350 e. The van der Waals surface area contributed by atoms with Gasteiger partial charge in [0.15, 0.2) is 0 Å². The number of fused-ring (bicyclic) bond motifs is 1. The van der Waals surface area contributed by atoms with Gasteiger partial charge in [-0.2, -0.15) is 11.3 Å². The Labute approximate surface area is 160 Å². The molecule has 1 amide bonds. The monoisotopic (exact) mass is 386 g/mol. The number of likely N-dealkylation sites (N-methyl/N-ethyl adjacent to an activating group) is 1.